The molecule has 0 spiro atoms. The summed E-state index contributed by atoms with van der Waals surface area (Å²) in [7, 11) is 0. The first-order valence-electron chi connectivity index (χ1n) is 10.7. The molecule has 1 aliphatic rings. The highest BCUT2D eigenvalue weighted by atomic mass is 16.2. The van der Waals surface area contributed by atoms with Gasteiger partial charge in [-0.15, -0.1) is 0 Å². The Morgan fingerprint density at radius 2 is 1.84 bits per heavy atom. The second-order valence-corrected chi connectivity index (χ2v) is 7.86. The van der Waals surface area contributed by atoms with Crippen molar-refractivity contribution in [1.29, 1.82) is 0 Å². The number of benzene rings is 2. The lowest BCUT2D eigenvalue weighted by Gasteiger charge is -2.16. The Balaban J connectivity index is 1.45. The third-order valence-electron chi connectivity index (χ3n) is 5.62. The average Bonchev–Trinajstić information content (AvgIpc) is 3.23. The number of para-hydroxylation sites is 1. The van der Waals surface area contributed by atoms with Crippen LogP contribution in [0.15, 0.2) is 79.0 Å². The lowest BCUT2D eigenvalue weighted by Crippen LogP contribution is -2.23. The molecule has 0 saturated carbocycles. The van der Waals surface area contributed by atoms with Crippen LogP contribution in [0.1, 0.15) is 28.8 Å². The predicted molar refractivity (Wildman–Crippen MR) is 124 cm³/mol. The zero-order valence-electron chi connectivity index (χ0n) is 17.5. The number of rotatable bonds is 5. The molecule has 0 atom stereocenters. The summed E-state index contributed by atoms with van der Waals surface area (Å²) in [5.41, 5.74) is 4.32. The van der Waals surface area contributed by atoms with Gasteiger partial charge in [0.15, 0.2) is 0 Å². The summed E-state index contributed by atoms with van der Waals surface area (Å²) < 4.78 is 0. The fourth-order valence-electron chi connectivity index (χ4n) is 4.05. The van der Waals surface area contributed by atoms with Crippen LogP contribution in [0, 0.1) is 0 Å². The van der Waals surface area contributed by atoms with Crippen molar-refractivity contribution in [3.05, 3.63) is 90.1 Å². The number of nitrogens with one attached hydrogen (secondary N) is 1. The van der Waals surface area contributed by atoms with E-state index in [0.717, 1.165) is 29.4 Å². The summed E-state index contributed by atoms with van der Waals surface area (Å²) in [5.74, 6) is -0.0278. The Labute approximate surface area is 185 Å². The molecule has 2 aromatic heterocycles. The van der Waals surface area contributed by atoms with E-state index in [1.807, 2.05) is 71.6 Å². The van der Waals surface area contributed by atoms with Gasteiger partial charge in [0.25, 0.3) is 5.91 Å². The highest BCUT2D eigenvalue weighted by molar-refractivity contribution is 6.13. The van der Waals surface area contributed by atoms with Gasteiger partial charge in [-0.05, 0) is 48.4 Å². The minimum atomic E-state index is -0.213. The lowest BCUT2D eigenvalue weighted by molar-refractivity contribution is -0.128. The van der Waals surface area contributed by atoms with Crippen molar-refractivity contribution in [2.45, 2.75) is 19.4 Å². The first kappa shape index (κ1) is 19.9. The fourth-order valence-corrected chi connectivity index (χ4v) is 4.05. The third-order valence-corrected chi connectivity index (χ3v) is 5.62. The molecular weight excluding hydrogens is 400 g/mol. The summed E-state index contributed by atoms with van der Waals surface area (Å²) in [6.07, 6.45) is 3.23. The van der Waals surface area contributed by atoms with Crippen molar-refractivity contribution in [3.63, 3.8) is 0 Å². The molecule has 3 heterocycles. The second kappa shape index (κ2) is 8.59. The van der Waals surface area contributed by atoms with E-state index < -0.39 is 0 Å². The van der Waals surface area contributed by atoms with Crippen LogP contribution in [0.25, 0.3) is 22.3 Å². The van der Waals surface area contributed by atoms with Gasteiger partial charge >= 0.3 is 0 Å². The number of pyridine rings is 2. The van der Waals surface area contributed by atoms with Crippen LogP contribution in [0.2, 0.25) is 0 Å². The van der Waals surface area contributed by atoms with Gasteiger partial charge in [0.1, 0.15) is 0 Å². The SMILES string of the molecule is O=C(Nc1cccc(CN2CCCC2=O)c1)c1cc(-c2ccccn2)nc2ccccc12. The molecule has 0 radical (unpaired) electrons. The van der Waals surface area contributed by atoms with E-state index >= 15 is 0 Å². The Kier molecular flexibility index (Phi) is 5.34. The summed E-state index contributed by atoms with van der Waals surface area (Å²) in [4.78, 5) is 36.2. The Morgan fingerprint density at radius 1 is 0.969 bits per heavy atom. The number of carbonyl (C=O) groups excluding carboxylic acids is 2. The molecule has 1 N–H and O–H groups in total. The quantitative estimate of drug-likeness (QED) is 0.507. The first-order valence-corrected chi connectivity index (χ1v) is 10.7. The largest absolute Gasteiger partial charge is 0.338 e. The fraction of sp³-hybridized carbons (Fsp3) is 0.154. The number of amides is 2. The lowest BCUT2D eigenvalue weighted by atomic mass is 10.1. The van der Waals surface area contributed by atoms with E-state index in [1.165, 1.54) is 0 Å². The topological polar surface area (TPSA) is 75.2 Å². The van der Waals surface area contributed by atoms with Gasteiger partial charge in [-0.1, -0.05) is 36.4 Å². The van der Waals surface area contributed by atoms with Crippen molar-refractivity contribution < 1.29 is 9.59 Å². The second-order valence-electron chi connectivity index (χ2n) is 7.86. The number of carbonyl (C=O) groups is 2. The van der Waals surface area contributed by atoms with Crippen molar-refractivity contribution >= 4 is 28.4 Å². The van der Waals surface area contributed by atoms with Crippen LogP contribution in [0.5, 0.6) is 0 Å². The molecule has 2 aromatic carbocycles. The Hall–Kier alpha value is -4.06. The molecule has 0 unspecified atom stereocenters. The number of hydrogen-bond donors (Lipinski definition) is 1. The normalized spacial score (nSPS) is 13.5. The molecule has 4 aromatic rings. The number of fused-ring (bicyclic) bond motifs is 1. The highest BCUT2D eigenvalue weighted by Crippen LogP contribution is 2.25. The van der Waals surface area contributed by atoms with Crippen LogP contribution in [-0.2, 0) is 11.3 Å². The molecule has 1 saturated heterocycles. The van der Waals surface area contributed by atoms with Gasteiger partial charge < -0.3 is 10.2 Å². The van der Waals surface area contributed by atoms with Gasteiger partial charge in [-0.25, -0.2) is 4.98 Å². The van der Waals surface area contributed by atoms with Crippen molar-refractivity contribution in [1.82, 2.24) is 14.9 Å². The van der Waals surface area contributed by atoms with Gasteiger partial charge in [-0.2, -0.15) is 0 Å². The molecule has 1 fully saturated rings. The number of nitrogens with zero attached hydrogens (tertiary/aromatic N) is 3. The zero-order valence-corrected chi connectivity index (χ0v) is 17.5. The summed E-state index contributed by atoms with van der Waals surface area (Å²) in [5, 5.41) is 3.80. The maximum atomic E-state index is 13.3. The van der Waals surface area contributed by atoms with Crippen LogP contribution >= 0.6 is 0 Å². The minimum Gasteiger partial charge on any atom is -0.338 e. The van der Waals surface area contributed by atoms with E-state index in [1.54, 1.807) is 12.3 Å². The summed E-state index contributed by atoms with van der Waals surface area (Å²) >= 11 is 0. The maximum Gasteiger partial charge on any atom is 0.256 e. The van der Waals surface area contributed by atoms with Gasteiger partial charge in [0.05, 0.1) is 22.5 Å². The molecular formula is C26H22N4O2. The molecule has 0 bridgehead atoms. The van der Waals surface area contributed by atoms with E-state index in [4.69, 9.17) is 4.98 Å². The summed E-state index contributed by atoms with van der Waals surface area (Å²) in [6, 6.07) is 22.7. The predicted octanol–water partition coefficient (Wildman–Crippen LogP) is 4.67. The van der Waals surface area contributed by atoms with Crippen LogP contribution in [-0.4, -0.2) is 33.2 Å². The smallest absolute Gasteiger partial charge is 0.256 e. The Morgan fingerprint density at radius 3 is 2.66 bits per heavy atom. The van der Waals surface area contributed by atoms with Gasteiger partial charge in [0, 0.05) is 36.8 Å². The molecule has 0 aliphatic carbocycles. The average molecular weight is 422 g/mol. The molecule has 158 valence electrons. The van der Waals surface area contributed by atoms with Crippen LogP contribution in [0.3, 0.4) is 0 Å². The molecule has 2 amide bonds. The molecule has 5 rings (SSSR count). The molecule has 6 nitrogen and oxygen atoms in total. The summed E-state index contributed by atoms with van der Waals surface area (Å²) in [6.45, 7) is 1.35. The number of anilines is 1. The zero-order chi connectivity index (χ0) is 21.9. The third kappa shape index (κ3) is 4.07. The first-order chi connectivity index (χ1) is 15.7. The van der Waals surface area contributed by atoms with Crippen molar-refractivity contribution in [2.24, 2.45) is 0 Å². The van der Waals surface area contributed by atoms with Crippen molar-refractivity contribution in [2.75, 3.05) is 11.9 Å². The van der Waals surface area contributed by atoms with E-state index in [-0.39, 0.29) is 11.8 Å². The monoisotopic (exact) mass is 422 g/mol. The standard InChI is InChI=1S/C26H22N4O2/c31-25-12-6-14-30(25)17-18-7-5-8-19(15-18)28-26(32)21-16-24(23-11-3-4-13-27-23)29-22-10-2-1-9-20(21)22/h1-5,7-11,13,15-16H,6,12,14,17H2,(H,28,32). The number of likely N-dealkylation sites (tertiary alicyclic amines) is 1. The van der Waals surface area contributed by atoms with Crippen molar-refractivity contribution in [3.8, 4) is 11.4 Å². The van der Waals surface area contributed by atoms with Crippen LogP contribution in [0.4, 0.5) is 5.69 Å². The molecule has 1 aliphatic heterocycles. The molecule has 32 heavy (non-hydrogen) atoms. The van der Waals surface area contributed by atoms with E-state index in [2.05, 4.69) is 10.3 Å². The molecule has 6 heteroatoms. The Bertz CT molecular complexity index is 1300. The highest BCUT2D eigenvalue weighted by Gasteiger charge is 2.20. The number of aromatic nitrogens is 2. The van der Waals surface area contributed by atoms with Gasteiger partial charge in [0.2, 0.25) is 5.91 Å². The van der Waals surface area contributed by atoms with E-state index in [0.29, 0.717) is 35.6 Å². The van der Waals surface area contributed by atoms with Crippen LogP contribution < -0.4 is 5.32 Å². The number of hydrogen-bond acceptors (Lipinski definition) is 4. The van der Waals surface area contributed by atoms with Gasteiger partial charge in [-0.3, -0.25) is 14.6 Å². The minimum absolute atomic E-state index is 0.185. The van der Waals surface area contributed by atoms with E-state index in [9.17, 15) is 9.59 Å². The maximum absolute atomic E-state index is 13.3.